The Kier molecular flexibility index (Phi) is 5.66. The highest BCUT2D eigenvalue weighted by molar-refractivity contribution is 5.38. The molecule has 0 saturated heterocycles. The first-order valence-corrected chi connectivity index (χ1v) is 6.50. The van der Waals surface area contributed by atoms with Gasteiger partial charge in [0.1, 0.15) is 0 Å². The van der Waals surface area contributed by atoms with E-state index >= 15 is 0 Å². The van der Waals surface area contributed by atoms with E-state index in [1.165, 1.54) is 28.7 Å². The summed E-state index contributed by atoms with van der Waals surface area (Å²) < 4.78 is 0. The monoisotopic (exact) mass is 234 g/mol. The van der Waals surface area contributed by atoms with Gasteiger partial charge in [-0.1, -0.05) is 12.1 Å². The smallest absolute Gasteiger partial charge is 0.0233 e. The maximum absolute atomic E-state index is 5.51. The van der Waals surface area contributed by atoms with Crippen LogP contribution in [0.5, 0.6) is 0 Å². The summed E-state index contributed by atoms with van der Waals surface area (Å²) in [7, 11) is 2.19. The Morgan fingerprint density at radius 1 is 1.06 bits per heavy atom. The van der Waals surface area contributed by atoms with Crippen molar-refractivity contribution in [3.05, 3.63) is 34.4 Å². The summed E-state index contributed by atoms with van der Waals surface area (Å²) in [6.45, 7) is 9.59. The molecule has 0 heterocycles. The fourth-order valence-electron chi connectivity index (χ4n) is 2.08. The molecule has 0 aliphatic carbocycles. The number of hydrogen-bond acceptors (Lipinski definition) is 2. The van der Waals surface area contributed by atoms with Crippen molar-refractivity contribution in [1.82, 2.24) is 4.90 Å². The second kappa shape index (κ2) is 6.77. The van der Waals surface area contributed by atoms with Crippen LogP contribution in [0.2, 0.25) is 0 Å². The predicted octanol–water partition coefficient (Wildman–Crippen LogP) is 2.78. The van der Waals surface area contributed by atoms with E-state index in [2.05, 4.69) is 44.9 Å². The van der Waals surface area contributed by atoms with Crippen molar-refractivity contribution >= 4 is 0 Å². The SMILES string of the molecule is Cc1ccc(CN(C)CCCCN)c(C)c1C. The Morgan fingerprint density at radius 2 is 1.76 bits per heavy atom. The average Bonchev–Trinajstić information content (AvgIpc) is 2.30. The Balaban J connectivity index is 2.59. The number of benzene rings is 1. The highest BCUT2D eigenvalue weighted by atomic mass is 15.1. The molecule has 0 saturated carbocycles. The Bertz CT molecular complexity index is 358. The van der Waals surface area contributed by atoms with Gasteiger partial charge in [-0.25, -0.2) is 0 Å². The van der Waals surface area contributed by atoms with Crippen molar-refractivity contribution < 1.29 is 0 Å². The predicted molar refractivity (Wildman–Crippen MR) is 75.3 cm³/mol. The van der Waals surface area contributed by atoms with E-state index in [1.54, 1.807) is 0 Å². The molecule has 0 atom stereocenters. The van der Waals surface area contributed by atoms with E-state index in [9.17, 15) is 0 Å². The van der Waals surface area contributed by atoms with Crippen LogP contribution >= 0.6 is 0 Å². The molecule has 2 nitrogen and oxygen atoms in total. The molecule has 96 valence electrons. The first kappa shape index (κ1) is 14.2. The molecule has 2 heteroatoms. The molecule has 0 unspecified atom stereocenters. The minimum absolute atomic E-state index is 0.802. The van der Waals surface area contributed by atoms with Crippen LogP contribution in [-0.2, 0) is 6.54 Å². The quantitative estimate of drug-likeness (QED) is 0.767. The summed E-state index contributed by atoms with van der Waals surface area (Å²) in [6, 6.07) is 4.49. The van der Waals surface area contributed by atoms with Crippen LogP contribution in [0.1, 0.15) is 35.1 Å². The van der Waals surface area contributed by atoms with E-state index in [1.807, 2.05) is 0 Å². The third-order valence-electron chi connectivity index (χ3n) is 3.60. The van der Waals surface area contributed by atoms with Gasteiger partial charge in [-0.3, -0.25) is 0 Å². The number of aryl methyl sites for hydroxylation is 1. The number of unbranched alkanes of at least 4 members (excludes halogenated alkanes) is 1. The lowest BCUT2D eigenvalue weighted by Gasteiger charge is -2.19. The maximum atomic E-state index is 5.51. The summed E-state index contributed by atoms with van der Waals surface area (Å²) in [5.41, 5.74) is 11.2. The van der Waals surface area contributed by atoms with E-state index in [-0.39, 0.29) is 0 Å². The first-order chi connectivity index (χ1) is 8.06. The normalized spacial score (nSPS) is 11.2. The van der Waals surface area contributed by atoms with Crippen LogP contribution in [0, 0.1) is 20.8 Å². The summed E-state index contributed by atoms with van der Waals surface area (Å²) >= 11 is 0. The highest BCUT2D eigenvalue weighted by Gasteiger charge is 2.06. The summed E-state index contributed by atoms with van der Waals surface area (Å²) in [4.78, 5) is 2.38. The van der Waals surface area contributed by atoms with Gasteiger partial charge < -0.3 is 10.6 Å². The van der Waals surface area contributed by atoms with Crippen LogP contribution in [-0.4, -0.2) is 25.0 Å². The molecule has 0 amide bonds. The number of rotatable bonds is 6. The molecule has 0 aliphatic heterocycles. The van der Waals surface area contributed by atoms with Crippen molar-refractivity contribution in [1.29, 1.82) is 0 Å². The van der Waals surface area contributed by atoms with Crippen molar-refractivity contribution in [3.8, 4) is 0 Å². The van der Waals surface area contributed by atoms with Gasteiger partial charge in [0, 0.05) is 6.54 Å². The third kappa shape index (κ3) is 4.14. The second-order valence-corrected chi connectivity index (χ2v) is 5.03. The topological polar surface area (TPSA) is 29.3 Å². The molecule has 2 N–H and O–H groups in total. The lowest BCUT2D eigenvalue weighted by molar-refractivity contribution is 0.319. The number of hydrogen-bond donors (Lipinski definition) is 1. The number of nitrogens with two attached hydrogens (primary N) is 1. The van der Waals surface area contributed by atoms with Crippen LogP contribution in [0.4, 0.5) is 0 Å². The fraction of sp³-hybridized carbons (Fsp3) is 0.600. The molecule has 0 radical (unpaired) electrons. The van der Waals surface area contributed by atoms with Crippen molar-refractivity contribution in [2.45, 2.75) is 40.2 Å². The molecule has 17 heavy (non-hydrogen) atoms. The molecule has 0 aliphatic rings. The van der Waals surface area contributed by atoms with Crippen LogP contribution < -0.4 is 5.73 Å². The summed E-state index contributed by atoms with van der Waals surface area (Å²) in [5, 5.41) is 0. The Hall–Kier alpha value is -0.860. The maximum Gasteiger partial charge on any atom is 0.0233 e. The van der Waals surface area contributed by atoms with Gasteiger partial charge in [-0.05, 0) is 76.0 Å². The molecule has 1 aromatic carbocycles. The van der Waals surface area contributed by atoms with E-state index in [0.29, 0.717) is 0 Å². The van der Waals surface area contributed by atoms with Gasteiger partial charge in [0.05, 0.1) is 0 Å². The third-order valence-corrected chi connectivity index (χ3v) is 3.60. The van der Waals surface area contributed by atoms with Gasteiger partial charge >= 0.3 is 0 Å². The molecular weight excluding hydrogens is 208 g/mol. The summed E-state index contributed by atoms with van der Waals surface area (Å²) in [6.07, 6.45) is 2.31. The van der Waals surface area contributed by atoms with Crippen LogP contribution in [0.25, 0.3) is 0 Å². The zero-order valence-electron chi connectivity index (χ0n) is 11.7. The van der Waals surface area contributed by atoms with Gasteiger partial charge in [0.25, 0.3) is 0 Å². The van der Waals surface area contributed by atoms with E-state index < -0.39 is 0 Å². The molecule has 0 fully saturated rings. The minimum Gasteiger partial charge on any atom is -0.330 e. The van der Waals surface area contributed by atoms with Crippen molar-refractivity contribution in [3.63, 3.8) is 0 Å². The highest BCUT2D eigenvalue weighted by Crippen LogP contribution is 2.18. The minimum atomic E-state index is 0.802. The van der Waals surface area contributed by atoms with Gasteiger partial charge in [-0.2, -0.15) is 0 Å². The fourth-order valence-corrected chi connectivity index (χ4v) is 2.08. The molecule has 0 spiro atoms. The molecule has 0 aromatic heterocycles. The molecule has 1 rings (SSSR count). The lowest BCUT2D eigenvalue weighted by atomic mass is 9.98. The van der Waals surface area contributed by atoms with E-state index in [4.69, 9.17) is 5.73 Å². The second-order valence-electron chi connectivity index (χ2n) is 5.03. The standard InChI is InChI=1S/C15H26N2/c1-12-7-8-15(14(3)13(12)2)11-17(4)10-6-5-9-16/h7-8H,5-6,9-11,16H2,1-4H3. The lowest BCUT2D eigenvalue weighted by Crippen LogP contribution is -2.20. The van der Waals surface area contributed by atoms with Crippen LogP contribution in [0.15, 0.2) is 12.1 Å². The largest absolute Gasteiger partial charge is 0.330 e. The van der Waals surface area contributed by atoms with Gasteiger partial charge in [0.15, 0.2) is 0 Å². The van der Waals surface area contributed by atoms with E-state index in [0.717, 1.165) is 26.1 Å². The number of nitrogens with zero attached hydrogens (tertiary/aromatic N) is 1. The molecule has 0 bridgehead atoms. The zero-order chi connectivity index (χ0) is 12.8. The Labute approximate surface area is 106 Å². The van der Waals surface area contributed by atoms with Gasteiger partial charge in [-0.15, -0.1) is 0 Å². The molecule has 1 aromatic rings. The first-order valence-electron chi connectivity index (χ1n) is 6.50. The summed E-state index contributed by atoms with van der Waals surface area (Å²) in [5.74, 6) is 0. The average molecular weight is 234 g/mol. The van der Waals surface area contributed by atoms with Crippen LogP contribution in [0.3, 0.4) is 0 Å². The van der Waals surface area contributed by atoms with Gasteiger partial charge in [0.2, 0.25) is 0 Å². The zero-order valence-corrected chi connectivity index (χ0v) is 11.7. The Morgan fingerprint density at radius 3 is 2.41 bits per heavy atom. The van der Waals surface area contributed by atoms with Crippen molar-refractivity contribution in [2.75, 3.05) is 20.1 Å². The molecular formula is C15H26N2. The van der Waals surface area contributed by atoms with Crippen molar-refractivity contribution in [2.24, 2.45) is 5.73 Å².